The Morgan fingerprint density at radius 2 is 2.11 bits per heavy atom. The number of benzene rings is 1. The Bertz CT molecular complexity index is 555. The third-order valence-corrected chi connectivity index (χ3v) is 3.71. The summed E-state index contributed by atoms with van der Waals surface area (Å²) in [5.41, 5.74) is 7.45. The van der Waals surface area contributed by atoms with Crippen LogP contribution < -0.4 is 10.5 Å². The van der Waals surface area contributed by atoms with E-state index in [-0.39, 0.29) is 18.8 Å². The summed E-state index contributed by atoms with van der Waals surface area (Å²) < 4.78 is 30.6. The second-order valence-corrected chi connectivity index (χ2v) is 5.89. The molecule has 0 aromatic heterocycles. The van der Waals surface area contributed by atoms with Gasteiger partial charge in [-0.1, -0.05) is 0 Å². The molecular weight excluding hydrogens is 268 g/mol. The number of carbonyl (C=O) groups excluding carboxylic acids is 1. The maximum atomic E-state index is 11.8. The lowest BCUT2D eigenvalue weighted by Crippen LogP contribution is -2.20. The number of anilines is 2. The van der Waals surface area contributed by atoms with Crippen molar-refractivity contribution in [1.29, 1.82) is 0 Å². The SMILES string of the molecule is CCOC(=O)CCS(=O)(=O)Nc1ccc(N)c(C)c1. The van der Waals surface area contributed by atoms with E-state index in [1.54, 1.807) is 32.0 Å². The minimum Gasteiger partial charge on any atom is -0.466 e. The maximum Gasteiger partial charge on any atom is 0.306 e. The van der Waals surface area contributed by atoms with Crippen LogP contribution >= 0.6 is 0 Å². The zero-order valence-corrected chi connectivity index (χ0v) is 11.8. The summed E-state index contributed by atoms with van der Waals surface area (Å²) >= 11 is 0. The Balaban J connectivity index is 2.64. The number of aryl methyl sites for hydroxylation is 1. The molecule has 0 spiro atoms. The molecule has 0 amide bonds. The van der Waals surface area contributed by atoms with Gasteiger partial charge in [0.25, 0.3) is 0 Å². The standard InChI is InChI=1S/C12H18N2O4S/c1-3-18-12(15)6-7-19(16,17)14-10-4-5-11(13)9(2)8-10/h4-5,8,14H,3,6-7,13H2,1-2H3. The number of rotatable bonds is 6. The predicted molar refractivity (Wildman–Crippen MR) is 74.3 cm³/mol. The highest BCUT2D eigenvalue weighted by Gasteiger charge is 2.14. The molecule has 3 N–H and O–H groups in total. The van der Waals surface area contributed by atoms with Crippen LogP contribution in [0.15, 0.2) is 18.2 Å². The van der Waals surface area contributed by atoms with Gasteiger partial charge in [0.15, 0.2) is 0 Å². The first-order valence-corrected chi connectivity index (χ1v) is 7.51. The van der Waals surface area contributed by atoms with E-state index in [1.165, 1.54) is 0 Å². The molecule has 106 valence electrons. The molecule has 6 nitrogen and oxygen atoms in total. The maximum absolute atomic E-state index is 11.8. The van der Waals surface area contributed by atoms with Crippen LogP contribution in [-0.2, 0) is 19.6 Å². The summed E-state index contributed by atoms with van der Waals surface area (Å²) in [6.07, 6.45) is -0.170. The summed E-state index contributed by atoms with van der Waals surface area (Å²) in [6, 6.07) is 4.83. The lowest BCUT2D eigenvalue weighted by Gasteiger charge is -2.09. The Morgan fingerprint density at radius 3 is 2.68 bits per heavy atom. The largest absolute Gasteiger partial charge is 0.466 e. The van der Waals surface area contributed by atoms with Gasteiger partial charge in [0, 0.05) is 11.4 Å². The molecule has 0 atom stereocenters. The first-order chi connectivity index (χ1) is 8.84. The van der Waals surface area contributed by atoms with Gasteiger partial charge in [-0.25, -0.2) is 8.42 Å². The van der Waals surface area contributed by atoms with E-state index in [2.05, 4.69) is 9.46 Å². The molecular formula is C12H18N2O4S. The molecule has 0 aliphatic carbocycles. The summed E-state index contributed by atoms with van der Waals surface area (Å²) in [5, 5.41) is 0. The number of hydrogen-bond acceptors (Lipinski definition) is 5. The quantitative estimate of drug-likeness (QED) is 0.606. The number of nitrogens with two attached hydrogens (primary N) is 1. The Hall–Kier alpha value is -1.76. The molecule has 0 aliphatic heterocycles. The molecule has 1 aromatic carbocycles. The van der Waals surface area contributed by atoms with Crippen LogP contribution in [0.3, 0.4) is 0 Å². The smallest absolute Gasteiger partial charge is 0.306 e. The molecule has 19 heavy (non-hydrogen) atoms. The van der Waals surface area contributed by atoms with Crippen molar-refractivity contribution < 1.29 is 17.9 Å². The van der Waals surface area contributed by atoms with Gasteiger partial charge in [-0.15, -0.1) is 0 Å². The normalized spacial score (nSPS) is 11.1. The fourth-order valence-corrected chi connectivity index (χ4v) is 2.44. The highest BCUT2D eigenvalue weighted by Crippen LogP contribution is 2.17. The van der Waals surface area contributed by atoms with Crippen molar-refractivity contribution in [1.82, 2.24) is 0 Å². The third-order valence-electron chi connectivity index (χ3n) is 2.42. The number of nitrogen functional groups attached to an aromatic ring is 1. The number of sulfonamides is 1. The van der Waals surface area contributed by atoms with Gasteiger partial charge >= 0.3 is 5.97 Å². The van der Waals surface area contributed by atoms with Crippen LogP contribution in [0.25, 0.3) is 0 Å². The fourth-order valence-electron chi connectivity index (χ4n) is 1.42. The van der Waals surface area contributed by atoms with E-state index >= 15 is 0 Å². The van der Waals surface area contributed by atoms with Gasteiger partial charge in [-0.05, 0) is 37.6 Å². The molecule has 1 rings (SSSR count). The molecule has 0 saturated carbocycles. The summed E-state index contributed by atoms with van der Waals surface area (Å²) in [7, 11) is -3.57. The molecule has 0 unspecified atom stereocenters. The number of ether oxygens (including phenoxy) is 1. The van der Waals surface area contributed by atoms with Gasteiger partial charge in [-0.3, -0.25) is 9.52 Å². The summed E-state index contributed by atoms with van der Waals surface area (Å²) in [5.74, 6) is -0.837. The monoisotopic (exact) mass is 286 g/mol. The highest BCUT2D eigenvalue weighted by atomic mass is 32.2. The lowest BCUT2D eigenvalue weighted by molar-refractivity contribution is -0.142. The van der Waals surface area contributed by atoms with E-state index in [4.69, 9.17) is 5.73 Å². The van der Waals surface area contributed by atoms with Crippen molar-refractivity contribution in [3.8, 4) is 0 Å². The van der Waals surface area contributed by atoms with Crippen molar-refractivity contribution >= 4 is 27.4 Å². The van der Waals surface area contributed by atoms with Crippen LogP contribution in [0.2, 0.25) is 0 Å². The molecule has 0 fully saturated rings. The van der Waals surface area contributed by atoms with E-state index < -0.39 is 16.0 Å². The van der Waals surface area contributed by atoms with Crippen LogP contribution in [0, 0.1) is 6.92 Å². The van der Waals surface area contributed by atoms with Crippen molar-refractivity contribution in [2.24, 2.45) is 0 Å². The number of nitrogens with one attached hydrogen (secondary N) is 1. The Morgan fingerprint density at radius 1 is 1.42 bits per heavy atom. The number of esters is 1. The van der Waals surface area contributed by atoms with Crippen LogP contribution in [0.4, 0.5) is 11.4 Å². The molecule has 1 aromatic rings. The number of carbonyl (C=O) groups is 1. The lowest BCUT2D eigenvalue weighted by atomic mass is 10.2. The van der Waals surface area contributed by atoms with Gasteiger partial charge in [0.2, 0.25) is 10.0 Å². The van der Waals surface area contributed by atoms with Crippen LogP contribution in [0.5, 0.6) is 0 Å². The molecule has 0 heterocycles. The van der Waals surface area contributed by atoms with Crippen LogP contribution in [0.1, 0.15) is 18.9 Å². The van der Waals surface area contributed by atoms with E-state index in [0.29, 0.717) is 11.4 Å². The zero-order chi connectivity index (χ0) is 14.5. The van der Waals surface area contributed by atoms with Crippen molar-refractivity contribution in [3.05, 3.63) is 23.8 Å². The third kappa shape index (κ3) is 5.17. The van der Waals surface area contributed by atoms with Gasteiger partial charge < -0.3 is 10.5 Å². The van der Waals surface area contributed by atoms with Crippen molar-refractivity contribution in [2.45, 2.75) is 20.3 Å². The Labute approximate surface area is 113 Å². The summed E-state index contributed by atoms with van der Waals surface area (Å²) in [4.78, 5) is 11.1. The van der Waals surface area contributed by atoms with Gasteiger partial charge in [0.1, 0.15) is 0 Å². The van der Waals surface area contributed by atoms with Gasteiger partial charge in [0.05, 0.1) is 18.8 Å². The van der Waals surface area contributed by atoms with E-state index in [9.17, 15) is 13.2 Å². The van der Waals surface area contributed by atoms with E-state index in [1.807, 2.05) is 0 Å². The highest BCUT2D eigenvalue weighted by molar-refractivity contribution is 7.92. The van der Waals surface area contributed by atoms with Crippen molar-refractivity contribution in [3.63, 3.8) is 0 Å². The topological polar surface area (TPSA) is 98.5 Å². The summed E-state index contributed by atoms with van der Waals surface area (Å²) in [6.45, 7) is 3.69. The Kier molecular flexibility index (Phi) is 5.17. The first-order valence-electron chi connectivity index (χ1n) is 5.86. The van der Waals surface area contributed by atoms with Crippen molar-refractivity contribution in [2.75, 3.05) is 22.8 Å². The molecule has 0 bridgehead atoms. The average molecular weight is 286 g/mol. The van der Waals surface area contributed by atoms with E-state index in [0.717, 1.165) is 5.56 Å². The number of hydrogen-bond donors (Lipinski definition) is 2. The minimum absolute atomic E-state index is 0.170. The molecule has 0 radical (unpaired) electrons. The van der Waals surface area contributed by atoms with Crippen LogP contribution in [-0.4, -0.2) is 26.7 Å². The zero-order valence-electron chi connectivity index (χ0n) is 11.0. The second-order valence-electron chi connectivity index (χ2n) is 4.05. The molecule has 0 aliphatic rings. The molecule has 7 heteroatoms. The minimum atomic E-state index is -3.57. The average Bonchev–Trinajstić information content (AvgIpc) is 2.32. The molecule has 0 saturated heterocycles. The van der Waals surface area contributed by atoms with Gasteiger partial charge in [-0.2, -0.15) is 0 Å². The predicted octanol–water partition coefficient (Wildman–Crippen LogP) is 1.27. The first kappa shape index (κ1) is 15.3. The fraction of sp³-hybridized carbons (Fsp3) is 0.417. The second kappa shape index (κ2) is 6.42.